The Morgan fingerprint density at radius 2 is 1.57 bits per heavy atom. The lowest BCUT2D eigenvalue weighted by Crippen LogP contribution is -2.50. The van der Waals surface area contributed by atoms with E-state index in [1.54, 1.807) is 0 Å². The molecule has 0 spiro atoms. The summed E-state index contributed by atoms with van der Waals surface area (Å²) in [6.07, 6.45) is 0. The molecule has 23 heavy (non-hydrogen) atoms. The van der Waals surface area contributed by atoms with Crippen LogP contribution in [0.1, 0.15) is 18.4 Å². The van der Waals surface area contributed by atoms with Crippen LogP contribution in [-0.2, 0) is 0 Å². The van der Waals surface area contributed by atoms with Gasteiger partial charge < -0.3 is 9.47 Å². The first-order valence-corrected chi connectivity index (χ1v) is 6.31. The second-order valence-electron chi connectivity index (χ2n) is 4.79. The number of rotatable bonds is 8. The lowest BCUT2D eigenvalue weighted by atomic mass is 9.87. The van der Waals surface area contributed by atoms with Gasteiger partial charge in [0.25, 0.3) is 0 Å². The molecule has 126 valence electrons. The molecule has 0 aliphatic carbocycles. The molecular weight excluding hydrogens is 314 g/mol. The highest BCUT2D eigenvalue weighted by Crippen LogP contribution is 2.36. The van der Waals surface area contributed by atoms with Crippen LogP contribution in [0.4, 0.5) is 0 Å². The summed E-state index contributed by atoms with van der Waals surface area (Å²) in [5.74, 6) is -1.14. The van der Waals surface area contributed by atoms with E-state index in [2.05, 4.69) is 0 Å². The summed E-state index contributed by atoms with van der Waals surface area (Å²) in [5, 5.41) is 33.3. The van der Waals surface area contributed by atoms with E-state index in [-0.39, 0.29) is 11.3 Å². The zero-order valence-electron chi connectivity index (χ0n) is 12.6. The van der Waals surface area contributed by atoms with Crippen molar-refractivity contribution in [3.63, 3.8) is 0 Å². The Hall–Kier alpha value is -2.98. The first-order chi connectivity index (χ1) is 10.7. The first-order valence-electron chi connectivity index (χ1n) is 6.31. The van der Waals surface area contributed by atoms with E-state index in [1.165, 1.54) is 32.4 Å². The van der Waals surface area contributed by atoms with Crippen molar-refractivity contribution in [1.82, 2.24) is 0 Å². The second kappa shape index (κ2) is 6.85. The SMILES string of the molecule is COc1ccc(C(C[N+](=O)[O-])C(C)([N+](=O)[O-])[N+](=O)[O-])cc1OC. The molecule has 0 amide bonds. The number of nitrogens with zero attached hydrogens (tertiary/aromatic N) is 3. The van der Waals surface area contributed by atoms with E-state index in [1.807, 2.05) is 0 Å². The molecule has 0 radical (unpaired) electrons. The average molecular weight is 329 g/mol. The van der Waals surface area contributed by atoms with Crippen molar-refractivity contribution in [2.45, 2.75) is 18.5 Å². The number of methoxy groups -OCH3 is 2. The zero-order chi connectivity index (χ0) is 17.8. The first kappa shape index (κ1) is 18.1. The molecule has 0 aliphatic heterocycles. The van der Waals surface area contributed by atoms with E-state index in [4.69, 9.17) is 9.47 Å². The number of hydrogen-bond acceptors (Lipinski definition) is 8. The molecule has 0 aliphatic rings. The summed E-state index contributed by atoms with van der Waals surface area (Å²) in [6, 6.07) is 3.94. The van der Waals surface area contributed by atoms with Crippen LogP contribution in [-0.4, -0.2) is 41.2 Å². The minimum absolute atomic E-state index is 0.0373. The molecule has 1 aromatic carbocycles. The van der Waals surface area contributed by atoms with Gasteiger partial charge in [-0.25, -0.2) is 0 Å². The van der Waals surface area contributed by atoms with Crippen LogP contribution in [0, 0.1) is 30.3 Å². The Morgan fingerprint density at radius 1 is 1.04 bits per heavy atom. The number of nitro groups is 3. The van der Waals surface area contributed by atoms with Crippen LogP contribution in [0.5, 0.6) is 11.5 Å². The Morgan fingerprint density at radius 3 is 1.96 bits per heavy atom. The monoisotopic (exact) mass is 329 g/mol. The highest BCUT2D eigenvalue weighted by atomic mass is 16.7. The molecule has 0 heterocycles. The van der Waals surface area contributed by atoms with E-state index < -0.39 is 32.9 Å². The highest BCUT2D eigenvalue weighted by Gasteiger charge is 2.61. The Labute approximate surface area is 130 Å². The summed E-state index contributed by atoms with van der Waals surface area (Å²) in [6.45, 7) is -0.230. The van der Waals surface area contributed by atoms with Crippen molar-refractivity contribution in [2.75, 3.05) is 20.8 Å². The topological polar surface area (TPSA) is 148 Å². The van der Waals surface area contributed by atoms with Gasteiger partial charge in [-0.2, -0.15) is 0 Å². The third-order valence-electron chi connectivity index (χ3n) is 3.54. The van der Waals surface area contributed by atoms with Crippen molar-refractivity contribution in [3.8, 4) is 11.5 Å². The predicted molar refractivity (Wildman–Crippen MR) is 76.5 cm³/mol. The van der Waals surface area contributed by atoms with Gasteiger partial charge in [-0.3, -0.25) is 30.3 Å². The van der Waals surface area contributed by atoms with Gasteiger partial charge in [0.15, 0.2) is 17.4 Å². The molecule has 1 unspecified atom stereocenters. The van der Waals surface area contributed by atoms with Crippen LogP contribution >= 0.6 is 0 Å². The summed E-state index contributed by atoms with van der Waals surface area (Å²) < 4.78 is 10.0. The summed E-state index contributed by atoms with van der Waals surface area (Å²) >= 11 is 0. The summed E-state index contributed by atoms with van der Waals surface area (Å²) in [5.41, 5.74) is -2.72. The van der Waals surface area contributed by atoms with Gasteiger partial charge in [0.2, 0.25) is 6.54 Å². The van der Waals surface area contributed by atoms with E-state index in [0.29, 0.717) is 5.75 Å². The summed E-state index contributed by atoms with van der Waals surface area (Å²) in [4.78, 5) is 30.2. The highest BCUT2D eigenvalue weighted by molar-refractivity contribution is 5.44. The van der Waals surface area contributed by atoms with Crippen LogP contribution in [0.2, 0.25) is 0 Å². The Balaban J connectivity index is 3.51. The van der Waals surface area contributed by atoms with Gasteiger partial charge in [-0.05, 0) is 17.7 Å². The molecule has 0 aromatic heterocycles. The molecule has 0 bridgehead atoms. The average Bonchev–Trinajstić information content (AvgIpc) is 2.50. The minimum atomic E-state index is -2.76. The zero-order valence-corrected chi connectivity index (χ0v) is 12.6. The van der Waals surface area contributed by atoms with Gasteiger partial charge in [0.1, 0.15) is 0 Å². The fourth-order valence-electron chi connectivity index (χ4n) is 2.13. The van der Waals surface area contributed by atoms with E-state index in [9.17, 15) is 30.3 Å². The van der Waals surface area contributed by atoms with Crippen LogP contribution < -0.4 is 9.47 Å². The number of hydrogen-bond donors (Lipinski definition) is 0. The van der Waals surface area contributed by atoms with Gasteiger partial charge in [-0.1, -0.05) is 6.07 Å². The molecule has 0 saturated carbocycles. The fourth-order valence-corrected chi connectivity index (χ4v) is 2.13. The molecule has 11 heteroatoms. The van der Waals surface area contributed by atoms with Gasteiger partial charge in [0, 0.05) is 4.92 Å². The number of benzene rings is 1. The molecule has 0 N–H and O–H groups in total. The maximum Gasteiger partial charge on any atom is 0.468 e. The smallest absolute Gasteiger partial charge is 0.468 e. The second-order valence-corrected chi connectivity index (χ2v) is 4.79. The molecular formula is C12H15N3O8. The standard InChI is InChI=1S/C12H15N3O8/c1-12(14(18)19,15(20)21)9(7-13(16)17)8-4-5-10(22-2)11(6-8)23-3/h4-6,9H,7H2,1-3H3. The molecule has 0 fully saturated rings. The van der Waals surface area contributed by atoms with Crippen molar-refractivity contribution in [3.05, 3.63) is 54.1 Å². The fraction of sp³-hybridized carbons (Fsp3) is 0.500. The molecule has 1 atom stereocenters. The normalized spacial score (nSPS) is 12.3. The van der Waals surface area contributed by atoms with Crippen LogP contribution in [0.25, 0.3) is 0 Å². The lowest BCUT2D eigenvalue weighted by Gasteiger charge is -2.21. The van der Waals surface area contributed by atoms with Crippen molar-refractivity contribution < 1.29 is 24.2 Å². The molecule has 1 aromatic rings. The Bertz CT molecular complexity index is 619. The Kier molecular flexibility index (Phi) is 5.38. The quantitative estimate of drug-likeness (QED) is 0.394. The van der Waals surface area contributed by atoms with E-state index in [0.717, 1.165) is 6.92 Å². The minimum Gasteiger partial charge on any atom is -0.493 e. The molecule has 0 saturated heterocycles. The van der Waals surface area contributed by atoms with Crippen LogP contribution in [0.15, 0.2) is 18.2 Å². The maximum absolute atomic E-state index is 11.2. The molecule has 11 nitrogen and oxygen atoms in total. The van der Waals surface area contributed by atoms with Gasteiger partial charge in [-0.15, -0.1) is 0 Å². The van der Waals surface area contributed by atoms with Crippen molar-refractivity contribution >= 4 is 0 Å². The maximum atomic E-state index is 11.2. The molecule has 1 rings (SSSR count). The summed E-state index contributed by atoms with van der Waals surface area (Å²) in [7, 11) is 2.68. The predicted octanol–water partition coefficient (Wildman–Crippen LogP) is 1.33. The van der Waals surface area contributed by atoms with E-state index >= 15 is 0 Å². The third kappa shape index (κ3) is 3.44. The number of ether oxygens (including phenoxy) is 2. The lowest BCUT2D eigenvalue weighted by molar-refractivity contribution is -0.799. The van der Waals surface area contributed by atoms with Crippen molar-refractivity contribution in [1.29, 1.82) is 0 Å². The third-order valence-corrected chi connectivity index (χ3v) is 3.54. The van der Waals surface area contributed by atoms with Gasteiger partial charge in [0.05, 0.1) is 31.0 Å². The largest absolute Gasteiger partial charge is 0.493 e. The van der Waals surface area contributed by atoms with Crippen molar-refractivity contribution in [2.24, 2.45) is 0 Å². The van der Waals surface area contributed by atoms with Crippen LogP contribution in [0.3, 0.4) is 0 Å². The van der Waals surface area contributed by atoms with Gasteiger partial charge >= 0.3 is 5.66 Å².